The SMILES string of the molecule is C=CCN(CC=C)C(=O)CN1C(=O)N[C@@]2(CCCc3ccccc32)C1=O. The predicted molar refractivity (Wildman–Crippen MR) is 98.3 cm³/mol. The van der Waals surface area contributed by atoms with E-state index in [9.17, 15) is 14.4 Å². The van der Waals surface area contributed by atoms with Crippen LogP contribution in [0.25, 0.3) is 0 Å². The zero-order valence-corrected chi connectivity index (χ0v) is 14.7. The molecule has 0 radical (unpaired) electrons. The van der Waals surface area contributed by atoms with Crippen LogP contribution in [0.3, 0.4) is 0 Å². The number of fused-ring (bicyclic) bond motifs is 2. The summed E-state index contributed by atoms with van der Waals surface area (Å²) < 4.78 is 0. The van der Waals surface area contributed by atoms with E-state index >= 15 is 0 Å². The van der Waals surface area contributed by atoms with Gasteiger partial charge in [-0.25, -0.2) is 4.79 Å². The molecule has 1 N–H and O–H groups in total. The van der Waals surface area contributed by atoms with Gasteiger partial charge in [0, 0.05) is 13.1 Å². The van der Waals surface area contributed by atoms with Gasteiger partial charge in [-0.1, -0.05) is 36.4 Å². The van der Waals surface area contributed by atoms with Gasteiger partial charge in [0.2, 0.25) is 5.91 Å². The van der Waals surface area contributed by atoms with Crippen molar-refractivity contribution >= 4 is 17.8 Å². The van der Waals surface area contributed by atoms with Crippen LogP contribution < -0.4 is 5.32 Å². The Morgan fingerprint density at radius 3 is 2.62 bits per heavy atom. The van der Waals surface area contributed by atoms with E-state index < -0.39 is 11.6 Å². The standard InChI is InChI=1S/C20H23N3O3/c1-3-12-22(13-4-2)17(24)14-23-18(25)20(21-19(23)26)11-7-9-15-8-5-6-10-16(15)20/h3-6,8,10H,1-2,7,9,11-14H2,(H,21,26)/t20-/m1/s1. The van der Waals surface area contributed by atoms with Gasteiger partial charge in [-0.3, -0.25) is 14.5 Å². The number of nitrogens with one attached hydrogen (secondary N) is 1. The van der Waals surface area contributed by atoms with Gasteiger partial charge in [0.1, 0.15) is 12.1 Å². The minimum absolute atomic E-state index is 0.281. The Morgan fingerprint density at radius 2 is 1.92 bits per heavy atom. The normalized spacial score (nSPS) is 21.3. The summed E-state index contributed by atoms with van der Waals surface area (Å²) in [6.45, 7) is 7.65. The van der Waals surface area contributed by atoms with Crippen molar-refractivity contribution in [2.75, 3.05) is 19.6 Å². The van der Waals surface area contributed by atoms with Crippen LogP contribution in [0.4, 0.5) is 4.79 Å². The first kappa shape index (κ1) is 17.9. The molecule has 0 unspecified atom stereocenters. The first-order valence-corrected chi connectivity index (χ1v) is 8.75. The largest absolute Gasteiger partial charge is 0.334 e. The van der Waals surface area contributed by atoms with Crippen molar-refractivity contribution in [1.29, 1.82) is 0 Å². The zero-order chi connectivity index (χ0) is 18.7. The number of amides is 4. The summed E-state index contributed by atoms with van der Waals surface area (Å²) >= 11 is 0. The molecule has 0 saturated carbocycles. The van der Waals surface area contributed by atoms with Crippen molar-refractivity contribution in [3.63, 3.8) is 0 Å². The number of nitrogens with zero attached hydrogens (tertiary/aromatic N) is 2. The molecule has 1 saturated heterocycles. The van der Waals surface area contributed by atoms with E-state index in [2.05, 4.69) is 18.5 Å². The highest BCUT2D eigenvalue weighted by molar-refractivity contribution is 6.09. The lowest BCUT2D eigenvalue weighted by Gasteiger charge is -2.33. The van der Waals surface area contributed by atoms with E-state index in [0.717, 1.165) is 28.9 Å². The second-order valence-corrected chi connectivity index (χ2v) is 6.61. The van der Waals surface area contributed by atoms with Crippen LogP contribution in [-0.4, -0.2) is 47.3 Å². The predicted octanol–water partition coefficient (Wildman–Crippen LogP) is 1.97. The molecule has 1 aliphatic heterocycles. The molecule has 1 fully saturated rings. The molecular weight excluding hydrogens is 330 g/mol. The number of hydrogen-bond acceptors (Lipinski definition) is 3. The van der Waals surface area contributed by atoms with Gasteiger partial charge in [0.05, 0.1) is 0 Å². The molecule has 6 heteroatoms. The van der Waals surface area contributed by atoms with Gasteiger partial charge in [-0.15, -0.1) is 13.2 Å². The average Bonchev–Trinajstić information content (AvgIpc) is 2.87. The van der Waals surface area contributed by atoms with E-state index in [1.807, 2.05) is 24.3 Å². The lowest BCUT2D eigenvalue weighted by Crippen LogP contribution is -2.47. The monoisotopic (exact) mass is 353 g/mol. The number of carbonyl (C=O) groups excluding carboxylic acids is 3. The van der Waals surface area contributed by atoms with Crippen molar-refractivity contribution < 1.29 is 14.4 Å². The Labute approximate surface area is 153 Å². The van der Waals surface area contributed by atoms with E-state index in [4.69, 9.17) is 0 Å². The molecule has 0 aromatic heterocycles. The quantitative estimate of drug-likeness (QED) is 0.628. The van der Waals surface area contributed by atoms with Crippen molar-refractivity contribution in [2.24, 2.45) is 0 Å². The molecule has 1 aromatic rings. The van der Waals surface area contributed by atoms with Gasteiger partial charge in [-0.2, -0.15) is 0 Å². The molecule has 1 atom stereocenters. The molecule has 136 valence electrons. The third-order valence-corrected chi connectivity index (χ3v) is 5.00. The second kappa shape index (κ2) is 7.15. The smallest absolute Gasteiger partial charge is 0.325 e. The van der Waals surface area contributed by atoms with Crippen LogP contribution in [0.1, 0.15) is 24.0 Å². The molecule has 4 amide bonds. The number of rotatable bonds is 6. The Hall–Kier alpha value is -2.89. The summed E-state index contributed by atoms with van der Waals surface area (Å²) in [6.07, 6.45) is 5.44. The van der Waals surface area contributed by atoms with Crippen molar-refractivity contribution in [2.45, 2.75) is 24.8 Å². The van der Waals surface area contributed by atoms with E-state index in [0.29, 0.717) is 19.5 Å². The summed E-state index contributed by atoms with van der Waals surface area (Å²) in [4.78, 5) is 40.8. The Bertz CT molecular complexity index is 763. The maximum atomic E-state index is 13.2. The third kappa shape index (κ3) is 2.92. The first-order chi connectivity index (χ1) is 12.5. The number of aryl methyl sites for hydroxylation is 1. The lowest BCUT2D eigenvalue weighted by molar-refractivity contribution is -0.139. The summed E-state index contributed by atoms with van der Waals surface area (Å²) in [6, 6.07) is 7.16. The number of imide groups is 1. The Morgan fingerprint density at radius 1 is 1.23 bits per heavy atom. The first-order valence-electron chi connectivity index (χ1n) is 8.75. The van der Waals surface area contributed by atoms with Crippen LogP contribution in [0, 0.1) is 0 Å². The Balaban J connectivity index is 1.85. The minimum atomic E-state index is -1.05. The van der Waals surface area contributed by atoms with E-state index in [1.54, 1.807) is 12.2 Å². The highest BCUT2D eigenvalue weighted by atomic mass is 16.2. The summed E-state index contributed by atoms with van der Waals surface area (Å²) in [5.41, 5.74) is 0.864. The zero-order valence-electron chi connectivity index (χ0n) is 14.7. The van der Waals surface area contributed by atoms with E-state index in [1.165, 1.54) is 4.90 Å². The molecule has 1 aromatic carbocycles. The van der Waals surface area contributed by atoms with Crippen molar-refractivity contribution in [1.82, 2.24) is 15.1 Å². The van der Waals surface area contributed by atoms with Gasteiger partial charge >= 0.3 is 6.03 Å². The average molecular weight is 353 g/mol. The molecule has 1 spiro atoms. The fraction of sp³-hybridized carbons (Fsp3) is 0.350. The fourth-order valence-electron chi connectivity index (χ4n) is 3.78. The van der Waals surface area contributed by atoms with Gasteiger partial charge in [0.25, 0.3) is 5.91 Å². The third-order valence-electron chi connectivity index (χ3n) is 5.00. The number of benzene rings is 1. The van der Waals surface area contributed by atoms with Gasteiger partial charge in [0.15, 0.2) is 0 Å². The molecule has 3 rings (SSSR count). The minimum Gasteiger partial charge on any atom is -0.334 e. The molecule has 0 bridgehead atoms. The second-order valence-electron chi connectivity index (χ2n) is 6.61. The number of hydrogen-bond donors (Lipinski definition) is 1. The lowest BCUT2D eigenvalue weighted by atomic mass is 9.76. The molecule has 26 heavy (non-hydrogen) atoms. The maximum Gasteiger partial charge on any atom is 0.325 e. The van der Waals surface area contributed by atoms with Crippen LogP contribution in [0.2, 0.25) is 0 Å². The number of urea groups is 1. The van der Waals surface area contributed by atoms with Crippen molar-refractivity contribution in [3.05, 3.63) is 60.7 Å². The molecule has 6 nitrogen and oxygen atoms in total. The molecular formula is C20H23N3O3. The van der Waals surface area contributed by atoms with Gasteiger partial charge < -0.3 is 10.2 Å². The summed E-state index contributed by atoms with van der Waals surface area (Å²) in [5.74, 6) is -0.658. The number of carbonyl (C=O) groups is 3. The van der Waals surface area contributed by atoms with Crippen molar-refractivity contribution in [3.8, 4) is 0 Å². The Kier molecular flexibility index (Phi) is 4.93. The maximum absolute atomic E-state index is 13.2. The van der Waals surface area contributed by atoms with Crippen LogP contribution in [-0.2, 0) is 21.5 Å². The summed E-state index contributed by atoms with van der Waals surface area (Å²) in [5, 5.41) is 2.86. The van der Waals surface area contributed by atoms with Crippen LogP contribution >= 0.6 is 0 Å². The van der Waals surface area contributed by atoms with Gasteiger partial charge in [-0.05, 0) is 30.4 Å². The molecule has 1 aliphatic carbocycles. The fourth-order valence-corrected chi connectivity index (χ4v) is 3.78. The molecule has 2 aliphatic rings. The highest BCUT2D eigenvalue weighted by Crippen LogP contribution is 2.39. The van der Waals surface area contributed by atoms with Crippen LogP contribution in [0.5, 0.6) is 0 Å². The van der Waals surface area contributed by atoms with Crippen LogP contribution in [0.15, 0.2) is 49.6 Å². The van der Waals surface area contributed by atoms with E-state index in [-0.39, 0.29) is 18.4 Å². The highest BCUT2D eigenvalue weighted by Gasteiger charge is 2.54. The molecule has 1 heterocycles. The summed E-state index contributed by atoms with van der Waals surface area (Å²) in [7, 11) is 0. The topological polar surface area (TPSA) is 69.7 Å².